The Morgan fingerprint density at radius 2 is 1.82 bits per heavy atom. The SMILES string of the molecule is O=C(CN1CCCCC1)NNCS(=O)(=O)[O-].[Na+]. The van der Waals surface area contributed by atoms with E-state index in [2.05, 4.69) is 10.9 Å². The molecule has 2 N–H and O–H groups in total. The van der Waals surface area contributed by atoms with E-state index in [0.29, 0.717) is 0 Å². The summed E-state index contributed by atoms with van der Waals surface area (Å²) >= 11 is 0. The molecule has 0 radical (unpaired) electrons. The molecule has 0 bridgehead atoms. The maximum Gasteiger partial charge on any atom is 1.00 e. The Labute approximate surface area is 123 Å². The third-order valence-corrected chi connectivity index (χ3v) is 2.79. The van der Waals surface area contributed by atoms with Gasteiger partial charge in [-0.2, -0.15) is 0 Å². The summed E-state index contributed by atoms with van der Waals surface area (Å²) in [5.41, 5.74) is 4.26. The molecule has 17 heavy (non-hydrogen) atoms. The van der Waals surface area contributed by atoms with Gasteiger partial charge in [0.1, 0.15) is 16.0 Å². The number of carbonyl (C=O) groups is 1. The van der Waals surface area contributed by atoms with Crippen molar-refractivity contribution in [1.82, 2.24) is 15.8 Å². The van der Waals surface area contributed by atoms with E-state index in [1.165, 1.54) is 6.42 Å². The van der Waals surface area contributed by atoms with E-state index in [1.54, 1.807) is 0 Å². The molecular formula is C8H16N3NaO4S. The monoisotopic (exact) mass is 273 g/mol. The fourth-order valence-electron chi connectivity index (χ4n) is 1.58. The predicted molar refractivity (Wildman–Crippen MR) is 56.1 cm³/mol. The third kappa shape index (κ3) is 8.95. The van der Waals surface area contributed by atoms with Crippen LogP contribution in [0.5, 0.6) is 0 Å². The Morgan fingerprint density at radius 1 is 1.24 bits per heavy atom. The summed E-state index contributed by atoms with van der Waals surface area (Å²) in [5, 5.41) is 0. The smallest absolute Gasteiger partial charge is 0.747 e. The van der Waals surface area contributed by atoms with Gasteiger partial charge in [-0.05, 0) is 25.9 Å². The number of piperidine rings is 1. The van der Waals surface area contributed by atoms with Gasteiger partial charge in [0, 0.05) is 0 Å². The first kappa shape index (κ1) is 17.3. The topological polar surface area (TPSA) is 102 Å². The molecule has 9 heteroatoms. The van der Waals surface area contributed by atoms with Crippen LogP contribution in [0.1, 0.15) is 19.3 Å². The van der Waals surface area contributed by atoms with Gasteiger partial charge >= 0.3 is 29.6 Å². The summed E-state index contributed by atoms with van der Waals surface area (Å²) in [6.45, 7) is 1.99. The van der Waals surface area contributed by atoms with E-state index in [-0.39, 0.29) is 42.0 Å². The Bertz CT molecular complexity index is 330. The van der Waals surface area contributed by atoms with Crippen LogP contribution in [0, 0.1) is 0 Å². The number of nitrogens with one attached hydrogen (secondary N) is 2. The van der Waals surface area contributed by atoms with Gasteiger partial charge in [-0.3, -0.25) is 15.1 Å². The minimum absolute atomic E-state index is 0. The van der Waals surface area contributed by atoms with E-state index < -0.39 is 16.0 Å². The van der Waals surface area contributed by atoms with Crippen molar-refractivity contribution < 1.29 is 47.3 Å². The molecule has 0 atom stereocenters. The zero-order valence-corrected chi connectivity index (χ0v) is 12.8. The molecule has 1 fully saturated rings. The second-order valence-electron chi connectivity index (χ2n) is 3.76. The molecule has 0 unspecified atom stereocenters. The van der Waals surface area contributed by atoms with Crippen molar-refractivity contribution in [2.24, 2.45) is 0 Å². The van der Waals surface area contributed by atoms with Gasteiger partial charge in [-0.1, -0.05) is 6.42 Å². The minimum atomic E-state index is -4.34. The van der Waals surface area contributed by atoms with Crippen molar-refractivity contribution in [3.63, 3.8) is 0 Å². The first-order valence-corrected chi connectivity index (χ1v) is 6.73. The second-order valence-corrected chi connectivity index (χ2v) is 5.17. The van der Waals surface area contributed by atoms with E-state index in [0.717, 1.165) is 25.9 Å². The van der Waals surface area contributed by atoms with Crippen LogP contribution in [0.3, 0.4) is 0 Å². The van der Waals surface area contributed by atoms with Crippen LogP contribution in [-0.4, -0.2) is 49.3 Å². The number of carbonyl (C=O) groups excluding carboxylic acids is 1. The molecule has 94 valence electrons. The molecule has 0 aliphatic carbocycles. The number of likely N-dealkylation sites (tertiary alicyclic amines) is 1. The molecule has 0 aromatic rings. The molecule has 1 amide bonds. The standard InChI is InChI=1S/C8H17N3O4S.Na/c12-8(10-9-7-16(13,14)15)6-11-4-2-1-3-5-11;/h9H,1-7H2,(H,10,12)(H,13,14,15);/q;+1/p-1. The van der Waals surface area contributed by atoms with Crippen LogP contribution < -0.4 is 40.4 Å². The van der Waals surface area contributed by atoms with Gasteiger partial charge in [0.2, 0.25) is 5.91 Å². The molecule has 7 nitrogen and oxygen atoms in total. The van der Waals surface area contributed by atoms with Gasteiger partial charge in [0.15, 0.2) is 0 Å². The quantitative estimate of drug-likeness (QED) is 0.298. The van der Waals surface area contributed by atoms with Crippen molar-refractivity contribution in [2.75, 3.05) is 25.5 Å². The number of amides is 1. The average Bonchev–Trinajstić information content (AvgIpc) is 2.17. The normalized spacial score (nSPS) is 17.2. The molecule has 0 spiro atoms. The molecule has 1 aliphatic heterocycles. The van der Waals surface area contributed by atoms with Crippen LogP contribution in [0.25, 0.3) is 0 Å². The zero-order valence-electron chi connectivity index (χ0n) is 9.94. The first-order valence-electron chi connectivity index (χ1n) is 5.15. The van der Waals surface area contributed by atoms with Crippen LogP contribution in [0.4, 0.5) is 0 Å². The van der Waals surface area contributed by atoms with Crippen LogP contribution in [0.15, 0.2) is 0 Å². The summed E-state index contributed by atoms with van der Waals surface area (Å²) in [4.78, 5) is 13.3. The fourth-order valence-corrected chi connectivity index (χ4v) is 1.83. The van der Waals surface area contributed by atoms with Crippen molar-refractivity contribution in [1.29, 1.82) is 0 Å². The minimum Gasteiger partial charge on any atom is -0.747 e. The second kappa shape index (κ2) is 8.41. The molecule has 0 aromatic heterocycles. The van der Waals surface area contributed by atoms with Crippen molar-refractivity contribution in [3.8, 4) is 0 Å². The number of rotatable bonds is 5. The van der Waals surface area contributed by atoms with Crippen LogP contribution in [-0.2, 0) is 14.9 Å². The van der Waals surface area contributed by atoms with Crippen molar-refractivity contribution in [3.05, 3.63) is 0 Å². The molecular weight excluding hydrogens is 257 g/mol. The van der Waals surface area contributed by atoms with Crippen LogP contribution in [0.2, 0.25) is 0 Å². The number of hydrazine groups is 1. The predicted octanol–water partition coefficient (Wildman–Crippen LogP) is -4.40. The number of hydrogen-bond donors (Lipinski definition) is 2. The maximum atomic E-state index is 11.3. The summed E-state index contributed by atoms with van der Waals surface area (Å²) < 4.78 is 30.7. The van der Waals surface area contributed by atoms with E-state index in [9.17, 15) is 17.8 Å². The summed E-state index contributed by atoms with van der Waals surface area (Å²) in [6, 6.07) is 0. The zero-order chi connectivity index (χ0) is 12.0. The largest absolute Gasteiger partial charge is 1.00 e. The van der Waals surface area contributed by atoms with Crippen molar-refractivity contribution >= 4 is 16.0 Å². The molecule has 1 aliphatic rings. The van der Waals surface area contributed by atoms with Gasteiger partial charge in [0.25, 0.3) is 0 Å². The molecule has 1 rings (SSSR count). The Hall–Kier alpha value is 0.300. The van der Waals surface area contributed by atoms with E-state index in [4.69, 9.17) is 0 Å². The summed E-state index contributed by atoms with van der Waals surface area (Å²) in [5.74, 6) is -1.12. The Kier molecular flexibility index (Phi) is 8.56. The summed E-state index contributed by atoms with van der Waals surface area (Å²) in [6.07, 6.45) is 3.34. The van der Waals surface area contributed by atoms with Gasteiger partial charge in [-0.15, -0.1) is 0 Å². The Morgan fingerprint density at radius 3 is 2.35 bits per heavy atom. The molecule has 0 saturated carbocycles. The molecule has 1 heterocycles. The maximum absolute atomic E-state index is 11.3. The average molecular weight is 273 g/mol. The fraction of sp³-hybridized carbons (Fsp3) is 0.875. The molecule has 0 aromatic carbocycles. The Balaban J connectivity index is 0.00000256. The van der Waals surface area contributed by atoms with Gasteiger partial charge in [-0.25, -0.2) is 13.8 Å². The van der Waals surface area contributed by atoms with Gasteiger partial charge in [0.05, 0.1) is 6.54 Å². The number of hydrogen-bond acceptors (Lipinski definition) is 6. The number of nitrogens with zero attached hydrogens (tertiary/aromatic N) is 1. The van der Waals surface area contributed by atoms with E-state index >= 15 is 0 Å². The third-order valence-electron chi connectivity index (χ3n) is 2.29. The van der Waals surface area contributed by atoms with E-state index in [1.807, 2.05) is 4.90 Å². The van der Waals surface area contributed by atoms with Gasteiger partial charge < -0.3 is 4.55 Å². The molecule has 1 saturated heterocycles. The van der Waals surface area contributed by atoms with Crippen molar-refractivity contribution in [2.45, 2.75) is 19.3 Å². The summed E-state index contributed by atoms with van der Waals surface area (Å²) in [7, 11) is -4.34. The van der Waals surface area contributed by atoms with Crippen LogP contribution >= 0.6 is 0 Å². The first-order chi connectivity index (χ1) is 7.47.